The molecule has 0 aliphatic rings. The zero-order valence-corrected chi connectivity index (χ0v) is 13.0. The van der Waals surface area contributed by atoms with Gasteiger partial charge in [0.05, 0.1) is 0 Å². The first-order chi connectivity index (χ1) is 9.50. The molecule has 2 N–H and O–H groups in total. The van der Waals surface area contributed by atoms with Crippen LogP contribution in [0.5, 0.6) is 0 Å². The molecule has 0 aromatic heterocycles. The predicted molar refractivity (Wildman–Crippen MR) is 87.8 cm³/mol. The van der Waals surface area contributed by atoms with Crippen LogP contribution in [0.4, 0.5) is 0 Å². The Balaban J connectivity index is 2.21. The summed E-state index contributed by atoms with van der Waals surface area (Å²) in [4.78, 5) is 2.36. The molecule has 0 radical (unpaired) electrons. The van der Waals surface area contributed by atoms with Gasteiger partial charge in [0.1, 0.15) is 0 Å². The molecule has 0 aliphatic carbocycles. The first kappa shape index (κ1) is 15.0. The highest BCUT2D eigenvalue weighted by molar-refractivity contribution is 5.86. The second-order valence-electron chi connectivity index (χ2n) is 6.10. The average Bonchev–Trinajstić information content (AvgIpc) is 2.45. The molecule has 108 valence electrons. The number of hydrogen-bond acceptors (Lipinski definition) is 2. The molecule has 0 saturated carbocycles. The Labute approximate surface area is 122 Å². The first-order valence-corrected chi connectivity index (χ1v) is 7.44. The van der Waals surface area contributed by atoms with E-state index in [1.807, 2.05) is 0 Å². The fourth-order valence-electron chi connectivity index (χ4n) is 2.66. The molecule has 2 rings (SSSR count). The van der Waals surface area contributed by atoms with Gasteiger partial charge in [-0.2, -0.15) is 0 Å². The van der Waals surface area contributed by atoms with Gasteiger partial charge in [0.15, 0.2) is 0 Å². The van der Waals surface area contributed by atoms with Crippen LogP contribution in [-0.4, -0.2) is 24.5 Å². The molecule has 0 saturated heterocycles. The average molecular weight is 270 g/mol. The van der Waals surface area contributed by atoms with Crippen molar-refractivity contribution in [2.24, 2.45) is 11.7 Å². The van der Waals surface area contributed by atoms with E-state index >= 15 is 0 Å². The third kappa shape index (κ3) is 3.20. The summed E-state index contributed by atoms with van der Waals surface area (Å²) in [6.45, 7) is 7.66. The molecule has 0 amide bonds. The normalized spacial score (nSPS) is 14.9. The van der Waals surface area contributed by atoms with Gasteiger partial charge in [-0.25, -0.2) is 0 Å². The van der Waals surface area contributed by atoms with Crippen LogP contribution >= 0.6 is 0 Å². The SMILES string of the molecule is CC(C)C(C)N(C)CC(N)c1cccc2ccccc12. The van der Waals surface area contributed by atoms with Gasteiger partial charge in [-0.3, -0.25) is 0 Å². The maximum atomic E-state index is 6.46. The van der Waals surface area contributed by atoms with E-state index in [1.165, 1.54) is 16.3 Å². The minimum absolute atomic E-state index is 0.0484. The zero-order valence-electron chi connectivity index (χ0n) is 13.0. The minimum Gasteiger partial charge on any atom is -0.323 e. The number of rotatable bonds is 5. The van der Waals surface area contributed by atoms with Crippen molar-refractivity contribution in [2.45, 2.75) is 32.9 Å². The number of nitrogens with zero attached hydrogens (tertiary/aromatic N) is 1. The van der Waals surface area contributed by atoms with Crippen molar-refractivity contribution in [1.82, 2.24) is 4.90 Å². The molecular formula is C18H26N2. The van der Waals surface area contributed by atoms with E-state index in [9.17, 15) is 0 Å². The lowest BCUT2D eigenvalue weighted by Crippen LogP contribution is -2.38. The lowest BCUT2D eigenvalue weighted by Gasteiger charge is -2.30. The molecule has 0 bridgehead atoms. The fourth-order valence-corrected chi connectivity index (χ4v) is 2.66. The summed E-state index contributed by atoms with van der Waals surface area (Å²) in [6, 6.07) is 15.4. The Kier molecular flexibility index (Phi) is 4.79. The van der Waals surface area contributed by atoms with Crippen LogP contribution in [0.1, 0.15) is 32.4 Å². The summed E-state index contributed by atoms with van der Waals surface area (Å²) >= 11 is 0. The van der Waals surface area contributed by atoms with Crippen LogP contribution < -0.4 is 5.73 Å². The predicted octanol–water partition coefficient (Wildman–Crippen LogP) is 3.82. The van der Waals surface area contributed by atoms with Crippen LogP contribution in [0.3, 0.4) is 0 Å². The highest BCUT2D eigenvalue weighted by atomic mass is 15.1. The van der Waals surface area contributed by atoms with Crippen LogP contribution in [0, 0.1) is 5.92 Å². The van der Waals surface area contributed by atoms with E-state index < -0.39 is 0 Å². The van der Waals surface area contributed by atoms with Crippen LogP contribution in [0.15, 0.2) is 42.5 Å². The topological polar surface area (TPSA) is 29.3 Å². The quantitative estimate of drug-likeness (QED) is 0.895. The van der Waals surface area contributed by atoms with Gasteiger partial charge < -0.3 is 10.6 Å². The van der Waals surface area contributed by atoms with E-state index in [1.54, 1.807) is 0 Å². The summed E-state index contributed by atoms with van der Waals surface area (Å²) in [5.74, 6) is 0.639. The summed E-state index contributed by atoms with van der Waals surface area (Å²) < 4.78 is 0. The molecule has 20 heavy (non-hydrogen) atoms. The van der Waals surface area contributed by atoms with Crippen molar-refractivity contribution in [2.75, 3.05) is 13.6 Å². The van der Waals surface area contributed by atoms with Gasteiger partial charge >= 0.3 is 0 Å². The summed E-state index contributed by atoms with van der Waals surface area (Å²) in [6.07, 6.45) is 0. The highest BCUT2D eigenvalue weighted by Crippen LogP contribution is 2.24. The van der Waals surface area contributed by atoms with Crippen molar-refractivity contribution in [3.8, 4) is 0 Å². The lowest BCUT2D eigenvalue weighted by molar-refractivity contribution is 0.197. The number of nitrogens with two attached hydrogens (primary N) is 1. The van der Waals surface area contributed by atoms with Crippen molar-refractivity contribution in [3.05, 3.63) is 48.0 Å². The third-order valence-electron chi connectivity index (χ3n) is 4.37. The van der Waals surface area contributed by atoms with Gasteiger partial charge in [-0.15, -0.1) is 0 Å². The van der Waals surface area contributed by atoms with Crippen LogP contribution in [0.25, 0.3) is 10.8 Å². The fraction of sp³-hybridized carbons (Fsp3) is 0.444. The van der Waals surface area contributed by atoms with Crippen molar-refractivity contribution < 1.29 is 0 Å². The maximum Gasteiger partial charge on any atom is 0.0430 e. The third-order valence-corrected chi connectivity index (χ3v) is 4.37. The molecule has 2 nitrogen and oxygen atoms in total. The molecule has 0 aliphatic heterocycles. The zero-order chi connectivity index (χ0) is 14.7. The lowest BCUT2D eigenvalue weighted by atomic mass is 9.98. The molecule has 2 unspecified atom stereocenters. The molecule has 2 atom stereocenters. The number of benzene rings is 2. The van der Waals surface area contributed by atoms with E-state index in [0.29, 0.717) is 12.0 Å². The Morgan fingerprint density at radius 1 is 1.00 bits per heavy atom. The van der Waals surface area contributed by atoms with Crippen molar-refractivity contribution in [3.63, 3.8) is 0 Å². The second-order valence-corrected chi connectivity index (χ2v) is 6.10. The smallest absolute Gasteiger partial charge is 0.0430 e. The first-order valence-electron chi connectivity index (χ1n) is 7.44. The van der Waals surface area contributed by atoms with Gasteiger partial charge in [0.25, 0.3) is 0 Å². The molecule has 0 heterocycles. The van der Waals surface area contributed by atoms with Gasteiger partial charge in [0.2, 0.25) is 0 Å². The van der Waals surface area contributed by atoms with Crippen molar-refractivity contribution in [1.29, 1.82) is 0 Å². The number of hydrogen-bond donors (Lipinski definition) is 1. The number of fused-ring (bicyclic) bond motifs is 1. The van der Waals surface area contributed by atoms with E-state index in [2.05, 4.69) is 75.2 Å². The second kappa shape index (κ2) is 6.38. The summed E-state index contributed by atoms with van der Waals surface area (Å²) in [5.41, 5.74) is 7.70. The Hall–Kier alpha value is -1.38. The Morgan fingerprint density at radius 3 is 2.35 bits per heavy atom. The van der Waals surface area contributed by atoms with Crippen LogP contribution in [-0.2, 0) is 0 Å². The summed E-state index contributed by atoms with van der Waals surface area (Å²) in [7, 11) is 2.16. The molecule has 2 aromatic rings. The van der Waals surface area contributed by atoms with Gasteiger partial charge in [0, 0.05) is 18.6 Å². The van der Waals surface area contributed by atoms with Gasteiger partial charge in [-0.1, -0.05) is 56.3 Å². The standard InChI is InChI=1S/C18H26N2/c1-13(2)14(3)20(4)12-18(19)17-11-7-9-15-8-5-6-10-16(15)17/h5-11,13-14,18H,12,19H2,1-4H3. The van der Waals surface area contributed by atoms with E-state index in [4.69, 9.17) is 5.73 Å². The molecule has 0 spiro atoms. The monoisotopic (exact) mass is 270 g/mol. The summed E-state index contributed by atoms with van der Waals surface area (Å²) in [5, 5.41) is 2.54. The maximum absolute atomic E-state index is 6.46. The molecule has 2 aromatic carbocycles. The van der Waals surface area contributed by atoms with E-state index in [0.717, 1.165) is 6.54 Å². The van der Waals surface area contributed by atoms with Crippen molar-refractivity contribution >= 4 is 10.8 Å². The Morgan fingerprint density at radius 2 is 1.65 bits per heavy atom. The molecular weight excluding hydrogens is 244 g/mol. The highest BCUT2D eigenvalue weighted by Gasteiger charge is 2.17. The largest absolute Gasteiger partial charge is 0.323 e. The Bertz CT molecular complexity index is 557. The number of likely N-dealkylation sites (N-methyl/N-ethyl adjacent to an activating group) is 1. The van der Waals surface area contributed by atoms with Gasteiger partial charge in [-0.05, 0) is 36.2 Å². The van der Waals surface area contributed by atoms with Crippen LogP contribution in [0.2, 0.25) is 0 Å². The molecule has 0 fully saturated rings. The molecule has 2 heteroatoms. The minimum atomic E-state index is 0.0484. The van der Waals surface area contributed by atoms with E-state index in [-0.39, 0.29) is 6.04 Å².